The predicted octanol–water partition coefficient (Wildman–Crippen LogP) is 0.830. The molecule has 0 radical (unpaired) electrons. The summed E-state index contributed by atoms with van der Waals surface area (Å²) in [7, 11) is 0. The molecule has 0 aliphatic heterocycles. The number of hydrogen-bond acceptors (Lipinski definition) is 3. The molecule has 0 bridgehead atoms. The largest absolute Gasteiger partial charge is 0.396 e. The topological polar surface area (TPSA) is 40.5 Å². The van der Waals surface area contributed by atoms with Crippen LogP contribution in [0.2, 0.25) is 0 Å². The number of unbranched alkanes of at least 4 members (excludes halogenated alkanes) is 2. The molecule has 0 heterocycles. The van der Waals surface area contributed by atoms with Crippen molar-refractivity contribution in [2.45, 2.75) is 31.8 Å². The Balaban J connectivity index is 2.89. The molecule has 0 spiro atoms. The van der Waals surface area contributed by atoms with E-state index in [0.717, 1.165) is 25.7 Å². The van der Waals surface area contributed by atoms with E-state index in [1.807, 2.05) is 0 Å². The molecule has 0 saturated heterocycles. The fraction of sp³-hybridized carbons (Fsp3) is 1.00. The van der Waals surface area contributed by atoms with Gasteiger partial charge in [-0.25, -0.2) is 0 Å². The van der Waals surface area contributed by atoms with Gasteiger partial charge in [0.15, 0.2) is 0 Å². The minimum absolute atomic E-state index is 0.261. The van der Waals surface area contributed by atoms with Crippen LogP contribution in [0.25, 0.3) is 0 Å². The molecule has 2 nitrogen and oxygen atoms in total. The molecule has 0 saturated carbocycles. The van der Waals surface area contributed by atoms with Crippen LogP contribution in [0, 0.1) is 0 Å². The number of thiol groups is 1. The van der Waals surface area contributed by atoms with Crippen LogP contribution >= 0.6 is 12.6 Å². The number of hydrogen-bond donors (Lipinski definition) is 3. The summed E-state index contributed by atoms with van der Waals surface area (Å²) in [5.74, 6) is 0.541. The molecule has 0 aliphatic carbocycles. The van der Waals surface area contributed by atoms with Crippen LogP contribution in [0.5, 0.6) is 0 Å². The lowest BCUT2D eigenvalue weighted by molar-refractivity contribution is 0.183. The zero-order valence-corrected chi connectivity index (χ0v) is 7.06. The first-order valence-corrected chi connectivity index (χ1v) is 4.34. The maximum Gasteiger partial charge on any atom is 0.0628 e. The van der Waals surface area contributed by atoms with Gasteiger partial charge >= 0.3 is 0 Å². The Hall–Kier alpha value is 0.270. The van der Waals surface area contributed by atoms with E-state index in [1.165, 1.54) is 0 Å². The molecule has 0 aromatic rings. The van der Waals surface area contributed by atoms with E-state index >= 15 is 0 Å². The monoisotopic (exact) mass is 164 g/mol. The molecule has 0 amide bonds. The molecule has 3 heteroatoms. The Morgan fingerprint density at radius 3 is 2.40 bits per heavy atom. The Bertz CT molecular complexity index is 68.6. The first kappa shape index (κ1) is 10.3. The highest BCUT2D eigenvalue weighted by atomic mass is 32.1. The lowest BCUT2D eigenvalue weighted by atomic mass is 10.1. The molecule has 10 heavy (non-hydrogen) atoms. The molecule has 0 aromatic heterocycles. The summed E-state index contributed by atoms with van der Waals surface area (Å²) in [6.07, 6.45) is 3.38. The van der Waals surface area contributed by atoms with Gasteiger partial charge in [0.05, 0.1) is 6.10 Å². The van der Waals surface area contributed by atoms with Crippen molar-refractivity contribution < 1.29 is 10.2 Å². The smallest absolute Gasteiger partial charge is 0.0628 e. The second-order valence-electron chi connectivity index (χ2n) is 2.41. The number of rotatable bonds is 6. The van der Waals surface area contributed by atoms with Crippen molar-refractivity contribution >= 4 is 12.6 Å². The summed E-state index contributed by atoms with van der Waals surface area (Å²) >= 11 is 3.94. The molecule has 62 valence electrons. The molecule has 0 rings (SSSR count). The van der Waals surface area contributed by atoms with Gasteiger partial charge in [0.2, 0.25) is 0 Å². The standard InChI is InChI=1S/C7H16O2S/c8-5-3-1-2-4-7(9)6-10/h7-10H,1-6H2. The average molecular weight is 164 g/mol. The van der Waals surface area contributed by atoms with Crippen molar-refractivity contribution in [1.29, 1.82) is 0 Å². The van der Waals surface area contributed by atoms with Crippen molar-refractivity contribution in [2.75, 3.05) is 12.4 Å². The van der Waals surface area contributed by atoms with Gasteiger partial charge < -0.3 is 10.2 Å². The summed E-state index contributed by atoms with van der Waals surface area (Å²) in [4.78, 5) is 0. The van der Waals surface area contributed by atoms with Gasteiger partial charge in [-0.1, -0.05) is 12.8 Å². The summed E-state index contributed by atoms with van der Waals surface area (Å²) in [5.41, 5.74) is 0. The van der Waals surface area contributed by atoms with Gasteiger partial charge in [0.1, 0.15) is 0 Å². The molecular formula is C7H16O2S. The van der Waals surface area contributed by atoms with Crippen molar-refractivity contribution in [2.24, 2.45) is 0 Å². The zero-order chi connectivity index (χ0) is 7.82. The first-order valence-electron chi connectivity index (χ1n) is 3.71. The van der Waals surface area contributed by atoms with Crippen molar-refractivity contribution in [3.63, 3.8) is 0 Å². The van der Waals surface area contributed by atoms with Crippen LogP contribution in [-0.2, 0) is 0 Å². The molecule has 2 N–H and O–H groups in total. The Kier molecular flexibility index (Phi) is 7.58. The molecule has 0 aliphatic rings. The third kappa shape index (κ3) is 6.39. The van der Waals surface area contributed by atoms with E-state index < -0.39 is 0 Å². The van der Waals surface area contributed by atoms with Crippen molar-refractivity contribution in [3.05, 3.63) is 0 Å². The van der Waals surface area contributed by atoms with Crippen LogP contribution < -0.4 is 0 Å². The summed E-state index contributed by atoms with van der Waals surface area (Å²) in [6, 6.07) is 0. The zero-order valence-electron chi connectivity index (χ0n) is 6.16. The molecule has 0 aromatic carbocycles. The highest BCUT2D eigenvalue weighted by Crippen LogP contribution is 2.03. The molecule has 1 unspecified atom stereocenters. The van der Waals surface area contributed by atoms with Gasteiger partial charge in [-0.05, 0) is 12.8 Å². The SMILES string of the molecule is OCCCCCC(O)CS. The van der Waals surface area contributed by atoms with Crippen molar-refractivity contribution in [1.82, 2.24) is 0 Å². The van der Waals surface area contributed by atoms with E-state index in [0.29, 0.717) is 5.75 Å². The summed E-state index contributed by atoms with van der Waals surface area (Å²) in [6.45, 7) is 0.261. The van der Waals surface area contributed by atoms with Gasteiger partial charge in [-0.15, -0.1) is 0 Å². The third-order valence-corrected chi connectivity index (χ3v) is 1.83. The quantitative estimate of drug-likeness (QED) is 0.402. The van der Waals surface area contributed by atoms with E-state index in [9.17, 15) is 0 Å². The minimum atomic E-state index is -0.262. The van der Waals surface area contributed by atoms with Gasteiger partial charge in [-0.3, -0.25) is 0 Å². The highest BCUT2D eigenvalue weighted by molar-refractivity contribution is 7.80. The lowest BCUT2D eigenvalue weighted by Gasteiger charge is -2.04. The Morgan fingerprint density at radius 1 is 1.20 bits per heavy atom. The average Bonchev–Trinajstić information content (AvgIpc) is 1.98. The van der Waals surface area contributed by atoms with Crippen LogP contribution in [0.4, 0.5) is 0 Å². The summed E-state index contributed by atoms with van der Waals surface area (Å²) < 4.78 is 0. The predicted molar refractivity (Wildman–Crippen MR) is 45.4 cm³/mol. The molecule has 1 atom stereocenters. The number of aliphatic hydroxyl groups excluding tert-OH is 2. The van der Waals surface area contributed by atoms with Gasteiger partial charge in [0, 0.05) is 12.4 Å². The van der Waals surface area contributed by atoms with Gasteiger partial charge in [0.25, 0.3) is 0 Å². The number of aliphatic hydroxyl groups is 2. The maximum absolute atomic E-state index is 9.02. The maximum atomic E-state index is 9.02. The Morgan fingerprint density at radius 2 is 1.90 bits per heavy atom. The normalized spacial score (nSPS) is 13.5. The van der Waals surface area contributed by atoms with Crippen LogP contribution in [0.3, 0.4) is 0 Å². The fourth-order valence-electron chi connectivity index (χ4n) is 0.760. The van der Waals surface area contributed by atoms with E-state index in [-0.39, 0.29) is 12.7 Å². The Labute approximate surface area is 67.7 Å². The van der Waals surface area contributed by atoms with E-state index in [2.05, 4.69) is 12.6 Å². The van der Waals surface area contributed by atoms with Crippen molar-refractivity contribution in [3.8, 4) is 0 Å². The second kappa shape index (κ2) is 7.38. The first-order chi connectivity index (χ1) is 4.81. The minimum Gasteiger partial charge on any atom is -0.396 e. The van der Waals surface area contributed by atoms with Crippen LogP contribution in [-0.4, -0.2) is 28.7 Å². The van der Waals surface area contributed by atoms with Crippen LogP contribution in [0.15, 0.2) is 0 Å². The summed E-state index contributed by atoms with van der Waals surface area (Å²) in [5, 5.41) is 17.4. The molecule has 0 fully saturated rings. The van der Waals surface area contributed by atoms with E-state index in [1.54, 1.807) is 0 Å². The molecular weight excluding hydrogens is 148 g/mol. The highest BCUT2D eigenvalue weighted by Gasteiger charge is 1.98. The van der Waals surface area contributed by atoms with E-state index in [4.69, 9.17) is 10.2 Å². The van der Waals surface area contributed by atoms with Crippen LogP contribution in [0.1, 0.15) is 25.7 Å². The fourth-order valence-corrected chi connectivity index (χ4v) is 0.942. The lowest BCUT2D eigenvalue weighted by Crippen LogP contribution is -2.07. The third-order valence-electron chi connectivity index (χ3n) is 1.41. The second-order valence-corrected chi connectivity index (χ2v) is 2.77. The van der Waals surface area contributed by atoms with Gasteiger partial charge in [-0.2, -0.15) is 12.6 Å².